The average molecular weight is 199 g/mol. The standard InChI is InChI=1S/C10H14FNO2/c1-2-10(14)5-7(13)8-6(10)3-4-12-9(8)11/h3-4,7,9,12-14H,2,5H2,1H3. The Balaban J connectivity index is 2.44. The van der Waals surface area contributed by atoms with Crippen molar-refractivity contribution in [2.24, 2.45) is 0 Å². The normalized spacial score (nSPS) is 41.1. The molecule has 0 fully saturated rings. The molecule has 0 aromatic heterocycles. The summed E-state index contributed by atoms with van der Waals surface area (Å²) in [5.74, 6) is 0. The van der Waals surface area contributed by atoms with Gasteiger partial charge in [0.15, 0.2) is 6.30 Å². The van der Waals surface area contributed by atoms with Crippen molar-refractivity contribution in [3.8, 4) is 0 Å². The first-order valence-electron chi connectivity index (χ1n) is 4.80. The van der Waals surface area contributed by atoms with Crippen molar-refractivity contribution in [2.45, 2.75) is 37.8 Å². The molecule has 3 atom stereocenters. The fourth-order valence-corrected chi connectivity index (χ4v) is 2.19. The van der Waals surface area contributed by atoms with Gasteiger partial charge in [-0.3, -0.25) is 0 Å². The van der Waals surface area contributed by atoms with Gasteiger partial charge in [0.2, 0.25) is 0 Å². The summed E-state index contributed by atoms with van der Waals surface area (Å²) in [6.45, 7) is 1.83. The van der Waals surface area contributed by atoms with Crippen LogP contribution in [0.4, 0.5) is 4.39 Å². The Kier molecular flexibility index (Phi) is 2.12. The first-order valence-corrected chi connectivity index (χ1v) is 4.80. The molecule has 0 saturated carbocycles. The van der Waals surface area contributed by atoms with Gasteiger partial charge in [-0.25, -0.2) is 4.39 Å². The van der Waals surface area contributed by atoms with Gasteiger partial charge >= 0.3 is 0 Å². The Labute approximate surface area is 81.9 Å². The summed E-state index contributed by atoms with van der Waals surface area (Å²) in [7, 11) is 0. The molecule has 2 aliphatic rings. The van der Waals surface area contributed by atoms with Gasteiger partial charge in [-0.15, -0.1) is 0 Å². The van der Waals surface area contributed by atoms with Crippen molar-refractivity contribution in [3.63, 3.8) is 0 Å². The van der Waals surface area contributed by atoms with E-state index in [2.05, 4.69) is 5.32 Å². The molecule has 0 aromatic carbocycles. The maximum Gasteiger partial charge on any atom is 0.194 e. The summed E-state index contributed by atoms with van der Waals surface area (Å²) in [6.07, 6.45) is 1.56. The van der Waals surface area contributed by atoms with E-state index in [4.69, 9.17) is 0 Å². The monoisotopic (exact) mass is 199 g/mol. The first-order chi connectivity index (χ1) is 6.58. The highest BCUT2D eigenvalue weighted by Crippen LogP contribution is 2.41. The molecule has 2 rings (SSSR count). The molecule has 0 saturated heterocycles. The Morgan fingerprint density at radius 2 is 2.43 bits per heavy atom. The van der Waals surface area contributed by atoms with Gasteiger partial charge in [-0.05, 0) is 24.3 Å². The summed E-state index contributed by atoms with van der Waals surface area (Å²) in [5.41, 5.74) is -0.229. The second-order valence-corrected chi connectivity index (χ2v) is 3.84. The second kappa shape index (κ2) is 3.07. The van der Waals surface area contributed by atoms with Crippen LogP contribution in [0.25, 0.3) is 0 Å². The van der Waals surface area contributed by atoms with Crippen LogP contribution in [-0.2, 0) is 0 Å². The number of halogens is 1. The van der Waals surface area contributed by atoms with Crippen molar-refractivity contribution < 1.29 is 14.6 Å². The third kappa shape index (κ3) is 1.18. The first kappa shape index (κ1) is 9.68. The smallest absolute Gasteiger partial charge is 0.194 e. The van der Waals surface area contributed by atoms with Crippen LogP contribution in [-0.4, -0.2) is 28.2 Å². The molecule has 0 spiro atoms. The minimum atomic E-state index is -1.37. The van der Waals surface area contributed by atoms with Crippen LogP contribution in [0.2, 0.25) is 0 Å². The molecular formula is C10H14FNO2. The Morgan fingerprint density at radius 3 is 3.07 bits per heavy atom. The van der Waals surface area contributed by atoms with Gasteiger partial charge in [-0.1, -0.05) is 6.92 Å². The minimum Gasteiger partial charge on any atom is -0.388 e. The third-order valence-corrected chi connectivity index (χ3v) is 3.05. The van der Waals surface area contributed by atoms with Crippen LogP contribution in [0, 0.1) is 0 Å². The quantitative estimate of drug-likeness (QED) is 0.542. The third-order valence-electron chi connectivity index (χ3n) is 3.05. The number of nitrogens with one attached hydrogen (secondary N) is 1. The van der Waals surface area contributed by atoms with E-state index in [9.17, 15) is 14.6 Å². The minimum absolute atomic E-state index is 0.195. The van der Waals surface area contributed by atoms with E-state index in [0.29, 0.717) is 12.0 Å². The van der Waals surface area contributed by atoms with Gasteiger partial charge < -0.3 is 15.5 Å². The van der Waals surface area contributed by atoms with Crippen LogP contribution < -0.4 is 5.32 Å². The van der Waals surface area contributed by atoms with Crippen LogP contribution in [0.1, 0.15) is 19.8 Å². The van der Waals surface area contributed by atoms with E-state index < -0.39 is 18.0 Å². The lowest BCUT2D eigenvalue weighted by Crippen LogP contribution is -2.30. The molecular weight excluding hydrogens is 185 g/mol. The number of alkyl halides is 1. The zero-order valence-electron chi connectivity index (χ0n) is 8.00. The highest BCUT2D eigenvalue weighted by atomic mass is 19.1. The number of dihydropyridines is 1. The zero-order chi connectivity index (χ0) is 10.3. The zero-order valence-corrected chi connectivity index (χ0v) is 8.00. The second-order valence-electron chi connectivity index (χ2n) is 3.84. The molecule has 0 bridgehead atoms. The van der Waals surface area contributed by atoms with E-state index in [-0.39, 0.29) is 12.0 Å². The van der Waals surface area contributed by atoms with Gasteiger partial charge in [0, 0.05) is 12.0 Å². The molecule has 14 heavy (non-hydrogen) atoms. The van der Waals surface area contributed by atoms with E-state index in [1.807, 2.05) is 6.92 Å². The molecule has 3 N–H and O–H groups in total. The average Bonchev–Trinajstić information content (AvgIpc) is 2.41. The number of aliphatic hydroxyl groups is 2. The van der Waals surface area contributed by atoms with Gasteiger partial charge in [0.25, 0.3) is 0 Å². The Hall–Kier alpha value is -0.870. The summed E-state index contributed by atoms with van der Waals surface area (Å²) >= 11 is 0. The van der Waals surface area contributed by atoms with E-state index in [0.717, 1.165) is 0 Å². The molecule has 4 heteroatoms. The number of rotatable bonds is 1. The molecule has 0 radical (unpaired) electrons. The number of aliphatic hydroxyl groups excluding tert-OH is 1. The van der Waals surface area contributed by atoms with E-state index >= 15 is 0 Å². The highest BCUT2D eigenvalue weighted by Gasteiger charge is 2.45. The van der Waals surface area contributed by atoms with Crippen LogP contribution in [0.3, 0.4) is 0 Å². The molecule has 3 unspecified atom stereocenters. The lowest BCUT2D eigenvalue weighted by molar-refractivity contribution is 0.0473. The largest absolute Gasteiger partial charge is 0.388 e. The predicted octanol–water partition coefficient (Wildman–Crippen LogP) is 0.601. The topological polar surface area (TPSA) is 52.5 Å². The van der Waals surface area contributed by atoms with Crippen LogP contribution in [0.15, 0.2) is 23.4 Å². The maximum absolute atomic E-state index is 13.4. The fourth-order valence-electron chi connectivity index (χ4n) is 2.19. The van der Waals surface area contributed by atoms with Crippen molar-refractivity contribution in [2.75, 3.05) is 0 Å². The van der Waals surface area contributed by atoms with Crippen molar-refractivity contribution in [1.29, 1.82) is 0 Å². The Morgan fingerprint density at radius 1 is 1.71 bits per heavy atom. The van der Waals surface area contributed by atoms with Crippen LogP contribution >= 0.6 is 0 Å². The molecule has 3 nitrogen and oxygen atoms in total. The summed E-state index contributed by atoms with van der Waals surface area (Å²) in [5, 5.41) is 22.2. The Bertz CT molecular complexity index is 313. The van der Waals surface area contributed by atoms with Crippen molar-refractivity contribution >= 4 is 0 Å². The lowest BCUT2D eigenvalue weighted by atomic mass is 9.91. The van der Waals surface area contributed by atoms with Gasteiger partial charge in [0.05, 0.1) is 11.7 Å². The van der Waals surface area contributed by atoms with Crippen LogP contribution in [0.5, 0.6) is 0 Å². The summed E-state index contributed by atoms with van der Waals surface area (Å²) < 4.78 is 13.4. The van der Waals surface area contributed by atoms with Gasteiger partial charge in [-0.2, -0.15) is 0 Å². The molecule has 1 aliphatic carbocycles. The molecule has 1 aliphatic heterocycles. The molecule has 0 aromatic rings. The molecule has 78 valence electrons. The van der Waals surface area contributed by atoms with Crippen molar-refractivity contribution in [1.82, 2.24) is 5.32 Å². The van der Waals surface area contributed by atoms with Gasteiger partial charge in [0.1, 0.15) is 0 Å². The molecule has 0 amide bonds. The predicted molar refractivity (Wildman–Crippen MR) is 50.1 cm³/mol. The van der Waals surface area contributed by atoms with E-state index in [1.165, 1.54) is 6.20 Å². The SMILES string of the molecule is CCC1(O)CC(O)C2=C1C=CNC2F. The summed E-state index contributed by atoms with van der Waals surface area (Å²) in [4.78, 5) is 0. The maximum atomic E-state index is 13.4. The van der Waals surface area contributed by atoms with Crippen molar-refractivity contribution in [3.05, 3.63) is 23.4 Å². The highest BCUT2D eigenvalue weighted by molar-refractivity contribution is 5.45. The lowest BCUT2D eigenvalue weighted by Gasteiger charge is -2.24. The fraction of sp³-hybridized carbons (Fsp3) is 0.600. The van der Waals surface area contributed by atoms with E-state index in [1.54, 1.807) is 6.08 Å². The number of hydrogen-bond donors (Lipinski definition) is 3. The number of hydrogen-bond acceptors (Lipinski definition) is 3. The molecule has 1 heterocycles. The summed E-state index contributed by atoms with van der Waals surface area (Å²) in [6, 6.07) is 0.